The second-order valence-electron chi connectivity index (χ2n) is 3.92. The monoisotopic (exact) mass is 260 g/mol. The smallest absolute Gasteiger partial charge is 0.130 e. The maximum atomic E-state index is 10.1. The van der Waals surface area contributed by atoms with Crippen LogP contribution in [0.3, 0.4) is 0 Å². The molecule has 0 fully saturated rings. The lowest BCUT2D eigenvalue weighted by atomic mass is 10.0. The van der Waals surface area contributed by atoms with Crippen LogP contribution in [-0.4, -0.2) is 26.4 Å². The normalized spacial score (nSPS) is 10.1. The minimum Gasteiger partial charge on any atom is -0.507 e. The minimum absolute atomic E-state index is 0.142. The quantitative estimate of drug-likeness (QED) is 0.917. The van der Waals surface area contributed by atoms with Gasteiger partial charge in [0.1, 0.15) is 23.0 Å². The van der Waals surface area contributed by atoms with Gasteiger partial charge in [-0.1, -0.05) is 6.07 Å². The highest BCUT2D eigenvalue weighted by atomic mass is 16.5. The molecule has 4 nitrogen and oxygen atoms in total. The van der Waals surface area contributed by atoms with Gasteiger partial charge >= 0.3 is 0 Å². The second kappa shape index (κ2) is 5.52. The van der Waals surface area contributed by atoms with Gasteiger partial charge < -0.3 is 19.3 Å². The molecule has 2 aromatic carbocycles. The highest BCUT2D eigenvalue weighted by Gasteiger charge is 2.16. The zero-order valence-electron chi connectivity index (χ0n) is 11.1. The van der Waals surface area contributed by atoms with Gasteiger partial charge in [0.25, 0.3) is 0 Å². The Bertz CT molecular complexity index is 556. The van der Waals surface area contributed by atoms with Crippen molar-refractivity contribution >= 4 is 0 Å². The van der Waals surface area contributed by atoms with Crippen molar-refractivity contribution in [1.82, 2.24) is 0 Å². The number of phenolic OH excluding ortho intramolecular Hbond substituents is 1. The summed E-state index contributed by atoms with van der Waals surface area (Å²) in [4.78, 5) is 0. The SMILES string of the molecule is COc1ccc(O)c(-c2c(OC)cccc2OC)c1. The Morgan fingerprint density at radius 1 is 0.842 bits per heavy atom. The minimum atomic E-state index is 0.142. The van der Waals surface area contributed by atoms with E-state index in [1.54, 1.807) is 39.5 Å². The van der Waals surface area contributed by atoms with E-state index in [4.69, 9.17) is 14.2 Å². The van der Waals surface area contributed by atoms with E-state index >= 15 is 0 Å². The van der Waals surface area contributed by atoms with E-state index in [1.165, 1.54) is 0 Å². The predicted molar refractivity (Wildman–Crippen MR) is 73.2 cm³/mol. The van der Waals surface area contributed by atoms with Crippen LogP contribution >= 0.6 is 0 Å². The van der Waals surface area contributed by atoms with Crippen molar-refractivity contribution in [3.63, 3.8) is 0 Å². The Labute approximate surface area is 112 Å². The van der Waals surface area contributed by atoms with Crippen LogP contribution in [0.5, 0.6) is 23.0 Å². The fourth-order valence-corrected chi connectivity index (χ4v) is 1.96. The van der Waals surface area contributed by atoms with E-state index in [9.17, 15) is 5.11 Å². The molecule has 0 bridgehead atoms. The summed E-state index contributed by atoms with van der Waals surface area (Å²) in [5, 5.41) is 10.1. The Hall–Kier alpha value is -2.36. The van der Waals surface area contributed by atoms with Crippen molar-refractivity contribution < 1.29 is 19.3 Å². The van der Waals surface area contributed by atoms with Crippen LogP contribution in [-0.2, 0) is 0 Å². The molecule has 0 saturated heterocycles. The predicted octanol–water partition coefficient (Wildman–Crippen LogP) is 3.09. The molecule has 0 radical (unpaired) electrons. The number of phenols is 1. The maximum absolute atomic E-state index is 10.1. The summed E-state index contributed by atoms with van der Waals surface area (Å²) in [7, 11) is 4.74. The van der Waals surface area contributed by atoms with E-state index < -0.39 is 0 Å². The largest absolute Gasteiger partial charge is 0.507 e. The van der Waals surface area contributed by atoms with Crippen LogP contribution in [0.15, 0.2) is 36.4 Å². The lowest BCUT2D eigenvalue weighted by Crippen LogP contribution is -1.94. The first-order valence-corrected chi connectivity index (χ1v) is 5.79. The Morgan fingerprint density at radius 3 is 2.00 bits per heavy atom. The highest BCUT2D eigenvalue weighted by Crippen LogP contribution is 2.43. The molecule has 2 aromatic rings. The molecule has 0 aliphatic heterocycles. The summed E-state index contributed by atoms with van der Waals surface area (Å²) in [6.07, 6.45) is 0. The molecule has 0 atom stereocenters. The summed E-state index contributed by atoms with van der Waals surface area (Å²) in [6, 6.07) is 10.5. The topological polar surface area (TPSA) is 47.9 Å². The summed E-state index contributed by atoms with van der Waals surface area (Å²) in [5.74, 6) is 2.05. The molecule has 0 heterocycles. The third-order valence-corrected chi connectivity index (χ3v) is 2.90. The Kier molecular flexibility index (Phi) is 3.80. The molecule has 0 spiro atoms. The zero-order valence-corrected chi connectivity index (χ0v) is 11.1. The standard InChI is InChI=1S/C15H16O4/c1-17-10-7-8-12(16)11(9-10)15-13(18-2)5-4-6-14(15)19-3/h4-9,16H,1-3H3. The zero-order chi connectivity index (χ0) is 13.8. The van der Waals surface area contributed by atoms with Crippen LogP contribution in [0.4, 0.5) is 0 Å². The average Bonchev–Trinajstić information content (AvgIpc) is 2.47. The highest BCUT2D eigenvalue weighted by molar-refractivity contribution is 5.81. The van der Waals surface area contributed by atoms with Crippen molar-refractivity contribution in [1.29, 1.82) is 0 Å². The van der Waals surface area contributed by atoms with E-state index in [0.29, 0.717) is 28.4 Å². The molecule has 0 unspecified atom stereocenters. The van der Waals surface area contributed by atoms with Gasteiger partial charge in [-0.3, -0.25) is 0 Å². The third kappa shape index (κ3) is 2.42. The number of rotatable bonds is 4. The van der Waals surface area contributed by atoms with Crippen LogP contribution in [0.2, 0.25) is 0 Å². The number of aromatic hydroxyl groups is 1. The summed E-state index contributed by atoms with van der Waals surface area (Å²) < 4.78 is 15.9. The molecular formula is C15H16O4. The van der Waals surface area contributed by atoms with Crippen LogP contribution in [0, 0.1) is 0 Å². The summed E-state index contributed by atoms with van der Waals surface area (Å²) in [5.41, 5.74) is 1.30. The van der Waals surface area contributed by atoms with Crippen molar-refractivity contribution in [2.75, 3.05) is 21.3 Å². The van der Waals surface area contributed by atoms with Gasteiger partial charge in [-0.2, -0.15) is 0 Å². The lowest BCUT2D eigenvalue weighted by Gasteiger charge is -2.15. The van der Waals surface area contributed by atoms with Crippen LogP contribution < -0.4 is 14.2 Å². The average molecular weight is 260 g/mol. The van der Waals surface area contributed by atoms with E-state index in [2.05, 4.69) is 0 Å². The number of ether oxygens (including phenoxy) is 3. The van der Waals surface area contributed by atoms with Crippen molar-refractivity contribution in [2.24, 2.45) is 0 Å². The molecule has 4 heteroatoms. The molecule has 0 saturated carbocycles. The molecule has 0 aliphatic carbocycles. The molecule has 19 heavy (non-hydrogen) atoms. The van der Waals surface area contributed by atoms with E-state index in [-0.39, 0.29) is 5.75 Å². The van der Waals surface area contributed by atoms with Crippen molar-refractivity contribution in [2.45, 2.75) is 0 Å². The molecular weight excluding hydrogens is 244 g/mol. The first-order chi connectivity index (χ1) is 9.21. The van der Waals surface area contributed by atoms with E-state index in [1.807, 2.05) is 18.2 Å². The lowest BCUT2D eigenvalue weighted by molar-refractivity contribution is 0.395. The second-order valence-corrected chi connectivity index (χ2v) is 3.92. The number of benzene rings is 2. The number of hydrogen-bond acceptors (Lipinski definition) is 4. The van der Waals surface area contributed by atoms with Gasteiger partial charge in [-0.15, -0.1) is 0 Å². The van der Waals surface area contributed by atoms with Crippen LogP contribution in [0.1, 0.15) is 0 Å². The number of methoxy groups -OCH3 is 3. The van der Waals surface area contributed by atoms with Gasteiger partial charge in [0, 0.05) is 5.56 Å². The van der Waals surface area contributed by atoms with E-state index in [0.717, 1.165) is 0 Å². The fraction of sp³-hybridized carbons (Fsp3) is 0.200. The first-order valence-electron chi connectivity index (χ1n) is 5.79. The molecule has 0 aromatic heterocycles. The van der Waals surface area contributed by atoms with Gasteiger partial charge in [-0.05, 0) is 30.3 Å². The molecule has 100 valence electrons. The number of hydrogen-bond donors (Lipinski definition) is 1. The third-order valence-electron chi connectivity index (χ3n) is 2.90. The Morgan fingerprint density at radius 2 is 1.47 bits per heavy atom. The summed E-state index contributed by atoms with van der Waals surface area (Å²) in [6.45, 7) is 0. The van der Waals surface area contributed by atoms with Crippen LogP contribution in [0.25, 0.3) is 11.1 Å². The van der Waals surface area contributed by atoms with Crippen molar-refractivity contribution in [3.05, 3.63) is 36.4 Å². The van der Waals surface area contributed by atoms with Gasteiger partial charge in [0.05, 0.1) is 26.9 Å². The molecule has 2 rings (SSSR count). The van der Waals surface area contributed by atoms with Gasteiger partial charge in [0.2, 0.25) is 0 Å². The van der Waals surface area contributed by atoms with Gasteiger partial charge in [0.15, 0.2) is 0 Å². The Balaban J connectivity index is 2.69. The molecule has 0 amide bonds. The maximum Gasteiger partial charge on any atom is 0.130 e. The van der Waals surface area contributed by atoms with Crippen molar-refractivity contribution in [3.8, 4) is 34.1 Å². The summed E-state index contributed by atoms with van der Waals surface area (Å²) >= 11 is 0. The van der Waals surface area contributed by atoms with Gasteiger partial charge in [-0.25, -0.2) is 0 Å². The fourth-order valence-electron chi connectivity index (χ4n) is 1.96. The molecule has 1 N–H and O–H groups in total. The molecule has 0 aliphatic rings. The first kappa shape index (κ1) is 13.1.